The summed E-state index contributed by atoms with van der Waals surface area (Å²) in [7, 11) is 0. The molecule has 1 aliphatic heterocycles. The van der Waals surface area contributed by atoms with E-state index in [1.165, 1.54) is 16.7 Å². The predicted octanol–water partition coefficient (Wildman–Crippen LogP) is 5.24. The Hall–Kier alpha value is -3.89. The molecular weight excluding hydrogens is 576 g/mol. The van der Waals surface area contributed by atoms with Crippen LogP contribution in [0, 0.1) is 0 Å². The fraction of sp³-hybridized carbons (Fsp3) is 0.107. The first-order chi connectivity index (χ1) is 18.3. The van der Waals surface area contributed by atoms with Gasteiger partial charge in [-0.2, -0.15) is 8.78 Å². The lowest BCUT2D eigenvalue weighted by Crippen LogP contribution is -2.40. The van der Waals surface area contributed by atoms with Gasteiger partial charge >= 0.3 is 6.61 Å². The molecule has 0 spiro atoms. The maximum atomic E-state index is 13.8. The molecule has 10 heteroatoms. The second-order valence-electron chi connectivity index (χ2n) is 8.37. The minimum atomic E-state index is -3.00. The summed E-state index contributed by atoms with van der Waals surface area (Å²) in [5, 5.41) is 2.90. The second kappa shape index (κ2) is 10.8. The van der Waals surface area contributed by atoms with E-state index >= 15 is 0 Å². The maximum Gasteiger partial charge on any atom is 0.387 e. The number of thiazole rings is 1. The van der Waals surface area contributed by atoms with Crippen molar-refractivity contribution in [2.45, 2.75) is 19.6 Å². The van der Waals surface area contributed by atoms with E-state index in [1.807, 2.05) is 42.5 Å². The number of hydrogen-bond donors (Lipinski definition) is 1. The number of benzene rings is 3. The van der Waals surface area contributed by atoms with Gasteiger partial charge in [-0.3, -0.25) is 14.2 Å². The smallest absolute Gasteiger partial charge is 0.387 e. The van der Waals surface area contributed by atoms with Gasteiger partial charge in [-0.15, -0.1) is 0 Å². The summed E-state index contributed by atoms with van der Waals surface area (Å²) in [6.45, 7) is -1.27. The molecule has 3 aromatic carbocycles. The first-order valence-corrected chi connectivity index (χ1v) is 13.1. The number of fused-ring (bicyclic) bond motifs is 1. The van der Waals surface area contributed by atoms with Crippen molar-refractivity contribution in [3.8, 4) is 5.75 Å². The summed E-state index contributed by atoms with van der Waals surface area (Å²) in [6.07, 6.45) is 1.50. The summed E-state index contributed by atoms with van der Waals surface area (Å²) in [4.78, 5) is 32.3. The van der Waals surface area contributed by atoms with Gasteiger partial charge in [0.15, 0.2) is 4.80 Å². The number of amides is 1. The van der Waals surface area contributed by atoms with Crippen LogP contribution in [0.4, 0.5) is 14.5 Å². The Labute approximate surface area is 228 Å². The Morgan fingerprint density at radius 2 is 1.76 bits per heavy atom. The minimum absolute atomic E-state index is 0.0445. The van der Waals surface area contributed by atoms with Crippen molar-refractivity contribution >= 4 is 44.9 Å². The summed E-state index contributed by atoms with van der Waals surface area (Å²) < 4.78 is 33.1. The largest absolute Gasteiger partial charge is 0.434 e. The van der Waals surface area contributed by atoms with Crippen LogP contribution in [0.3, 0.4) is 0 Å². The molecule has 0 radical (unpaired) electrons. The van der Waals surface area contributed by atoms with E-state index in [9.17, 15) is 18.4 Å². The lowest BCUT2D eigenvalue weighted by atomic mass is 9.95. The molecule has 192 valence electrons. The van der Waals surface area contributed by atoms with Crippen LogP contribution >= 0.6 is 27.3 Å². The van der Waals surface area contributed by atoms with Crippen molar-refractivity contribution in [3.63, 3.8) is 0 Å². The van der Waals surface area contributed by atoms with Crippen LogP contribution < -0.4 is 24.9 Å². The van der Waals surface area contributed by atoms with Gasteiger partial charge in [0.25, 0.3) is 11.5 Å². The van der Waals surface area contributed by atoms with Gasteiger partial charge in [0, 0.05) is 15.7 Å². The fourth-order valence-corrected chi connectivity index (χ4v) is 5.54. The maximum absolute atomic E-state index is 13.8. The summed E-state index contributed by atoms with van der Waals surface area (Å²) in [5.41, 5.74) is 2.06. The average molecular weight is 596 g/mol. The SMILES string of the molecule is CC1=C(C(=O)Nc2ccccc2)C(c2ccc(Br)cc2)n2c(s/c(=C/c3ccccc3OC(F)F)c2=O)=N1. The zero-order valence-electron chi connectivity index (χ0n) is 19.9. The number of nitrogens with one attached hydrogen (secondary N) is 1. The molecule has 0 saturated carbocycles. The molecule has 4 aromatic rings. The van der Waals surface area contributed by atoms with Crippen molar-refractivity contribution in [1.29, 1.82) is 0 Å². The highest BCUT2D eigenvalue weighted by molar-refractivity contribution is 9.10. The van der Waals surface area contributed by atoms with Gasteiger partial charge < -0.3 is 10.1 Å². The number of alkyl halides is 2. The highest BCUT2D eigenvalue weighted by Crippen LogP contribution is 2.31. The molecule has 1 unspecified atom stereocenters. The van der Waals surface area contributed by atoms with Crippen molar-refractivity contribution < 1.29 is 18.3 Å². The van der Waals surface area contributed by atoms with Crippen LogP contribution in [0.25, 0.3) is 6.08 Å². The fourth-order valence-electron chi connectivity index (χ4n) is 4.24. The van der Waals surface area contributed by atoms with Gasteiger partial charge in [-0.1, -0.05) is 75.8 Å². The molecule has 1 N–H and O–H groups in total. The van der Waals surface area contributed by atoms with E-state index < -0.39 is 18.2 Å². The third-order valence-electron chi connectivity index (χ3n) is 5.91. The molecule has 1 atom stereocenters. The van der Waals surface area contributed by atoms with Gasteiger partial charge in [0.05, 0.1) is 21.8 Å². The first kappa shape index (κ1) is 25.7. The topological polar surface area (TPSA) is 72.7 Å². The zero-order chi connectivity index (χ0) is 26.8. The van der Waals surface area contributed by atoms with Crippen LogP contribution in [0.5, 0.6) is 5.75 Å². The minimum Gasteiger partial charge on any atom is -0.434 e. The number of aromatic nitrogens is 1. The number of hydrogen-bond acceptors (Lipinski definition) is 5. The van der Waals surface area contributed by atoms with E-state index in [0.717, 1.165) is 21.4 Å². The Balaban J connectivity index is 1.67. The summed E-state index contributed by atoms with van der Waals surface area (Å²) >= 11 is 4.55. The standard InChI is InChI=1S/C28H20BrF2N3O3S/c1-16-23(25(35)33-20-8-3-2-4-9-20)24(17-11-13-19(29)14-12-17)34-26(36)22(38-28(34)32-16)15-18-7-5-6-10-21(18)37-27(30)31/h2-15,24,27H,1H3,(H,33,35)/b22-15+. The third-order valence-corrected chi connectivity index (χ3v) is 7.42. The molecule has 2 heterocycles. The number of carbonyl (C=O) groups is 1. The number of ether oxygens (including phenoxy) is 1. The quantitative estimate of drug-likeness (QED) is 0.331. The molecule has 1 aliphatic rings. The molecule has 0 bridgehead atoms. The Kier molecular flexibility index (Phi) is 7.35. The van der Waals surface area contributed by atoms with E-state index in [-0.39, 0.29) is 16.2 Å². The number of halogens is 3. The third kappa shape index (κ3) is 5.23. The van der Waals surface area contributed by atoms with Gasteiger partial charge in [-0.25, -0.2) is 4.99 Å². The van der Waals surface area contributed by atoms with E-state index in [0.29, 0.717) is 27.3 Å². The van der Waals surface area contributed by atoms with E-state index in [4.69, 9.17) is 0 Å². The van der Waals surface area contributed by atoms with Crippen LogP contribution in [0.15, 0.2) is 104 Å². The van der Waals surface area contributed by atoms with Crippen molar-refractivity contribution in [1.82, 2.24) is 4.57 Å². The Morgan fingerprint density at radius 1 is 1.08 bits per heavy atom. The lowest BCUT2D eigenvalue weighted by molar-refractivity contribution is -0.113. The van der Waals surface area contributed by atoms with E-state index in [2.05, 4.69) is 31.0 Å². The average Bonchev–Trinajstić information content (AvgIpc) is 3.19. The summed E-state index contributed by atoms with van der Waals surface area (Å²) in [5.74, 6) is -0.424. The van der Waals surface area contributed by atoms with Crippen LogP contribution in [-0.2, 0) is 4.79 Å². The number of para-hydroxylation sites is 2. The predicted molar refractivity (Wildman–Crippen MR) is 146 cm³/mol. The lowest BCUT2D eigenvalue weighted by Gasteiger charge is -2.25. The molecule has 6 nitrogen and oxygen atoms in total. The van der Waals surface area contributed by atoms with E-state index in [1.54, 1.807) is 37.3 Å². The molecule has 0 fully saturated rings. The normalized spacial score (nSPS) is 15.3. The van der Waals surface area contributed by atoms with Gasteiger partial charge in [0.1, 0.15) is 5.75 Å². The van der Waals surface area contributed by atoms with Gasteiger partial charge in [-0.05, 0) is 48.9 Å². The molecule has 0 aliphatic carbocycles. The molecule has 0 saturated heterocycles. The van der Waals surface area contributed by atoms with Crippen molar-refractivity contribution in [2.24, 2.45) is 4.99 Å². The second-order valence-corrected chi connectivity index (χ2v) is 10.3. The van der Waals surface area contributed by atoms with Crippen LogP contribution in [0.1, 0.15) is 24.1 Å². The molecule has 1 amide bonds. The van der Waals surface area contributed by atoms with Crippen LogP contribution in [0.2, 0.25) is 0 Å². The molecule has 5 rings (SSSR count). The highest BCUT2D eigenvalue weighted by atomic mass is 79.9. The molecule has 1 aromatic heterocycles. The van der Waals surface area contributed by atoms with Crippen molar-refractivity contribution in [3.05, 3.63) is 125 Å². The monoisotopic (exact) mass is 595 g/mol. The first-order valence-electron chi connectivity index (χ1n) is 11.5. The number of rotatable bonds is 6. The number of anilines is 1. The molecule has 38 heavy (non-hydrogen) atoms. The van der Waals surface area contributed by atoms with Gasteiger partial charge in [0.2, 0.25) is 0 Å². The zero-order valence-corrected chi connectivity index (χ0v) is 22.3. The number of allylic oxidation sites excluding steroid dienone is 1. The Bertz CT molecular complexity index is 1710. The number of carbonyl (C=O) groups excluding carboxylic acids is 1. The van der Waals surface area contributed by atoms with Crippen LogP contribution in [-0.4, -0.2) is 17.1 Å². The Morgan fingerprint density at radius 3 is 2.47 bits per heavy atom. The highest BCUT2D eigenvalue weighted by Gasteiger charge is 2.32. The molecular formula is C28H20BrF2N3O3S. The van der Waals surface area contributed by atoms with Crippen molar-refractivity contribution in [2.75, 3.05) is 5.32 Å². The summed E-state index contributed by atoms with van der Waals surface area (Å²) in [6, 6.07) is 21.9. The number of nitrogens with zero attached hydrogens (tertiary/aromatic N) is 2.